The van der Waals surface area contributed by atoms with E-state index in [2.05, 4.69) is 25.3 Å². The molecule has 1 aromatic heterocycles. The first kappa shape index (κ1) is 20.5. The second kappa shape index (κ2) is 10.4. The zero-order valence-electron chi connectivity index (χ0n) is 14.7. The van der Waals surface area contributed by atoms with Crippen molar-refractivity contribution in [2.45, 2.75) is 26.2 Å². The minimum Gasteiger partial charge on any atom is -0.435 e. The number of alkyl halides is 2. The number of pyridine rings is 1. The second-order valence-electron chi connectivity index (χ2n) is 5.47. The van der Waals surface area contributed by atoms with Gasteiger partial charge in [0.2, 0.25) is 0 Å². The van der Waals surface area contributed by atoms with E-state index in [1.807, 2.05) is 6.92 Å². The summed E-state index contributed by atoms with van der Waals surface area (Å²) in [5, 5.41) is 16.2. The Hall–Kier alpha value is -2.81. The molecule has 27 heavy (non-hydrogen) atoms. The minimum atomic E-state index is -2.90. The molecular weight excluding hydrogens is 361 g/mol. The Balaban J connectivity index is 1.94. The molecule has 2 aromatic rings. The van der Waals surface area contributed by atoms with E-state index in [1.54, 1.807) is 0 Å². The van der Waals surface area contributed by atoms with Crippen LogP contribution < -0.4 is 15.4 Å². The summed E-state index contributed by atoms with van der Waals surface area (Å²) in [7, 11) is 0. The van der Waals surface area contributed by atoms with Crippen LogP contribution in [0.25, 0.3) is 0 Å². The number of benzene rings is 1. The lowest BCUT2D eigenvalue weighted by Crippen LogP contribution is -2.39. The number of hydrogen-bond donors (Lipinski definition) is 3. The van der Waals surface area contributed by atoms with Crippen molar-refractivity contribution in [3.8, 4) is 5.75 Å². The average molecular weight is 382 g/mol. The van der Waals surface area contributed by atoms with Crippen LogP contribution in [0.2, 0.25) is 0 Å². The average Bonchev–Trinajstić information content (AvgIpc) is 2.65. The number of nitrogens with one attached hydrogen (secondary N) is 2. The van der Waals surface area contributed by atoms with Gasteiger partial charge in [-0.15, -0.1) is 0 Å². The van der Waals surface area contributed by atoms with Gasteiger partial charge in [-0.05, 0) is 36.8 Å². The molecule has 9 heteroatoms. The first-order valence-electron chi connectivity index (χ1n) is 8.34. The lowest BCUT2D eigenvalue weighted by Gasteiger charge is -2.16. The first-order chi connectivity index (χ1) is 13.0. The number of rotatable bonds is 8. The van der Waals surface area contributed by atoms with Gasteiger partial charge < -0.3 is 20.5 Å². The molecule has 0 saturated carbocycles. The van der Waals surface area contributed by atoms with Crippen molar-refractivity contribution in [2.75, 3.05) is 13.1 Å². The third-order valence-electron chi connectivity index (χ3n) is 3.52. The van der Waals surface area contributed by atoms with E-state index in [0.717, 1.165) is 0 Å². The van der Waals surface area contributed by atoms with E-state index in [-0.39, 0.29) is 24.5 Å². The van der Waals surface area contributed by atoms with Gasteiger partial charge in [-0.3, -0.25) is 4.98 Å². The summed E-state index contributed by atoms with van der Waals surface area (Å²) >= 11 is 0. The smallest absolute Gasteiger partial charge is 0.387 e. The lowest BCUT2D eigenvalue weighted by atomic mass is 10.1. The summed E-state index contributed by atoms with van der Waals surface area (Å²) in [5.74, 6) is -0.0382. The highest BCUT2D eigenvalue weighted by Gasteiger charge is 2.10. The number of guanidine groups is 1. The van der Waals surface area contributed by atoms with Crippen LogP contribution in [0.15, 0.2) is 47.6 Å². The van der Waals surface area contributed by atoms with Crippen LogP contribution in [-0.4, -0.2) is 35.8 Å². The van der Waals surface area contributed by atoms with Gasteiger partial charge in [0.1, 0.15) is 11.6 Å². The van der Waals surface area contributed by atoms with Gasteiger partial charge in [0.05, 0.1) is 18.3 Å². The largest absolute Gasteiger partial charge is 0.435 e. The molecule has 1 atom stereocenters. The molecule has 0 radical (unpaired) electrons. The molecule has 0 amide bonds. The summed E-state index contributed by atoms with van der Waals surface area (Å²) < 4.78 is 42.2. The molecule has 0 spiro atoms. The Morgan fingerprint density at radius 1 is 1.22 bits per heavy atom. The number of aliphatic imine (C=N–C) groups is 1. The third-order valence-corrected chi connectivity index (χ3v) is 3.52. The first-order valence-corrected chi connectivity index (χ1v) is 8.34. The van der Waals surface area contributed by atoms with Crippen molar-refractivity contribution in [1.82, 2.24) is 15.6 Å². The molecule has 146 valence electrons. The molecule has 6 nitrogen and oxygen atoms in total. The molecule has 2 rings (SSSR count). The van der Waals surface area contributed by atoms with Crippen LogP contribution in [0.5, 0.6) is 5.75 Å². The van der Waals surface area contributed by atoms with Crippen molar-refractivity contribution in [3.05, 3.63) is 59.7 Å². The van der Waals surface area contributed by atoms with Gasteiger partial charge >= 0.3 is 6.61 Å². The molecule has 1 heterocycles. The fourth-order valence-corrected chi connectivity index (χ4v) is 2.21. The van der Waals surface area contributed by atoms with Crippen LogP contribution >= 0.6 is 0 Å². The Morgan fingerprint density at radius 3 is 2.59 bits per heavy atom. The summed E-state index contributed by atoms with van der Waals surface area (Å²) in [6, 6.07) is 8.51. The number of aliphatic hydroxyl groups excluding tert-OH is 1. The Morgan fingerprint density at radius 2 is 1.96 bits per heavy atom. The van der Waals surface area contributed by atoms with Crippen molar-refractivity contribution >= 4 is 5.96 Å². The van der Waals surface area contributed by atoms with Crippen LogP contribution in [0.1, 0.15) is 24.3 Å². The SMILES string of the molecule is CCNC(=NCc1ncccc1F)NCC(O)c1ccc(OC(F)F)cc1. The highest BCUT2D eigenvalue weighted by atomic mass is 19.3. The third kappa shape index (κ3) is 6.78. The molecule has 0 fully saturated rings. The number of nitrogens with zero attached hydrogens (tertiary/aromatic N) is 2. The molecule has 0 saturated heterocycles. The van der Waals surface area contributed by atoms with Crippen molar-refractivity contribution in [3.63, 3.8) is 0 Å². The summed E-state index contributed by atoms with van der Waals surface area (Å²) in [6.07, 6.45) is 0.584. The van der Waals surface area contributed by atoms with Gasteiger partial charge in [0.15, 0.2) is 5.96 Å². The number of hydrogen-bond acceptors (Lipinski definition) is 4. The molecule has 1 aromatic carbocycles. The van der Waals surface area contributed by atoms with Gasteiger partial charge in [-0.2, -0.15) is 8.78 Å². The molecule has 0 aliphatic carbocycles. The Kier molecular flexibility index (Phi) is 7.87. The zero-order chi connectivity index (χ0) is 19.6. The maximum Gasteiger partial charge on any atom is 0.387 e. The number of aliphatic hydroxyl groups is 1. The van der Waals surface area contributed by atoms with Crippen LogP contribution in [0.4, 0.5) is 13.2 Å². The fraction of sp³-hybridized carbons (Fsp3) is 0.333. The number of halogens is 3. The number of ether oxygens (including phenoxy) is 1. The topological polar surface area (TPSA) is 78.8 Å². The second-order valence-corrected chi connectivity index (χ2v) is 5.47. The van der Waals surface area contributed by atoms with Crippen LogP contribution in [0.3, 0.4) is 0 Å². The van der Waals surface area contributed by atoms with E-state index in [4.69, 9.17) is 0 Å². The van der Waals surface area contributed by atoms with Crippen molar-refractivity contribution in [1.29, 1.82) is 0 Å². The molecule has 0 aliphatic rings. The van der Waals surface area contributed by atoms with Crippen LogP contribution in [-0.2, 0) is 6.54 Å². The standard InChI is InChI=1S/C18H21F3N4O2/c1-2-22-18(24-10-15-14(19)4-3-9-23-15)25-11-16(26)12-5-7-13(8-6-12)27-17(20)21/h3-9,16-17,26H,2,10-11H2,1H3,(H2,22,24,25). The molecule has 3 N–H and O–H groups in total. The van der Waals surface area contributed by atoms with Gasteiger partial charge in [-0.25, -0.2) is 9.38 Å². The van der Waals surface area contributed by atoms with E-state index >= 15 is 0 Å². The maximum atomic E-state index is 13.6. The monoisotopic (exact) mass is 382 g/mol. The summed E-state index contributed by atoms with van der Waals surface area (Å²) in [6.45, 7) is -0.294. The zero-order valence-corrected chi connectivity index (χ0v) is 14.7. The normalized spacial score (nSPS) is 12.7. The summed E-state index contributed by atoms with van der Waals surface area (Å²) in [4.78, 5) is 8.16. The number of aromatic nitrogens is 1. The van der Waals surface area contributed by atoms with Crippen molar-refractivity contribution in [2.24, 2.45) is 4.99 Å². The van der Waals surface area contributed by atoms with E-state index in [0.29, 0.717) is 18.1 Å². The van der Waals surface area contributed by atoms with E-state index in [9.17, 15) is 18.3 Å². The predicted molar refractivity (Wildman–Crippen MR) is 95.0 cm³/mol. The Labute approximate surface area is 155 Å². The lowest BCUT2D eigenvalue weighted by molar-refractivity contribution is -0.0498. The van der Waals surface area contributed by atoms with Gasteiger partial charge in [-0.1, -0.05) is 12.1 Å². The maximum absolute atomic E-state index is 13.6. The quantitative estimate of drug-likeness (QED) is 0.483. The summed E-state index contributed by atoms with van der Waals surface area (Å²) in [5.41, 5.74) is 0.737. The molecule has 0 aliphatic heterocycles. The van der Waals surface area contributed by atoms with Gasteiger partial charge in [0, 0.05) is 19.3 Å². The highest BCUT2D eigenvalue weighted by molar-refractivity contribution is 5.79. The molecule has 1 unspecified atom stereocenters. The molecular formula is C18H21F3N4O2. The van der Waals surface area contributed by atoms with Crippen LogP contribution in [0, 0.1) is 5.82 Å². The van der Waals surface area contributed by atoms with E-state index in [1.165, 1.54) is 42.6 Å². The highest BCUT2D eigenvalue weighted by Crippen LogP contribution is 2.19. The van der Waals surface area contributed by atoms with Crippen molar-refractivity contribution < 1.29 is 23.0 Å². The Bertz CT molecular complexity index is 742. The van der Waals surface area contributed by atoms with E-state index < -0.39 is 18.5 Å². The minimum absolute atomic E-state index is 0.0150. The molecule has 0 bridgehead atoms. The van der Waals surface area contributed by atoms with Gasteiger partial charge in [0.25, 0.3) is 0 Å². The fourth-order valence-electron chi connectivity index (χ4n) is 2.21. The predicted octanol–water partition coefficient (Wildman–Crippen LogP) is 2.61.